The number of hydrogen-bond acceptors (Lipinski definition) is 1. The number of thiol groups is 1. The van der Waals surface area contributed by atoms with Crippen molar-refractivity contribution in [1.82, 2.24) is 0 Å². The summed E-state index contributed by atoms with van der Waals surface area (Å²) in [7, 11) is 0. The van der Waals surface area contributed by atoms with Gasteiger partial charge in [0.15, 0.2) is 4.32 Å². The van der Waals surface area contributed by atoms with Crippen molar-refractivity contribution in [3.8, 4) is 0 Å². The third-order valence-electron chi connectivity index (χ3n) is 0.240. The fraction of sp³-hybridized carbons (Fsp3) is 0.333. The van der Waals surface area contributed by atoms with Gasteiger partial charge >= 0.3 is 0 Å². The Morgan fingerprint density at radius 1 is 1.86 bits per heavy atom. The quantitative estimate of drug-likeness (QED) is 0.259. The Morgan fingerprint density at radius 2 is 2.29 bits per heavy atom. The van der Waals surface area contributed by atoms with E-state index in [1.54, 1.807) is 13.1 Å². The molecule has 0 saturated heterocycles. The molecule has 0 aliphatic rings. The van der Waals surface area contributed by atoms with Gasteiger partial charge in [-0.15, -0.1) is 12.6 Å². The molecule has 0 fully saturated rings. The Hall–Kier alpha value is 0.733. The molecule has 0 saturated carbocycles. The second-order valence-corrected chi connectivity index (χ2v) is 1.78. The molecule has 4 heteroatoms. The van der Waals surface area contributed by atoms with E-state index >= 15 is 0 Å². The second kappa shape index (κ2) is 6.73. The van der Waals surface area contributed by atoms with Crippen molar-refractivity contribution in [2.45, 2.75) is 6.92 Å². The zero-order valence-corrected chi connectivity index (χ0v) is 8.77. The third kappa shape index (κ3) is 10.8. The summed E-state index contributed by atoms with van der Waals surface area (Å²) in [5.41, 5.74) is 0. The molecule has 0 amide bonds. The van der Waals surface area contributed by atoms with Crippen LogP contribution >= 0.6 is 24.8 Å². The molecule has 0 N–H and O–H groups in total. The minimum atomic E-state index is 0. The molecule has 0 spiro atoms. The van der Waals surface area contributed by atoms with Crippen LogP contribution in [0.5, 0.6) is 0 Å². The summed E-state index contributed by atoms with van der Waals surface area (Å²) in [6.07, 6.45) is 1.61. The van der Waals surface area contributed by atoms with Crippen LogP contribution < -0.4 is 0 Å². The molecule has 1 nitrogen and oxygen atoms in total. The first kappa shape index (κ1) is 10.7. The molecule has 7 heavy (non-hydrogen) atoms. The van der Waals surface area contributed by atoms with Crippen molar-refractivity contribution < 1.29 is 19.5 Å². The second-order valence-electron chi connectivity index (χ2n) is 0.670. The topological polar surface area (TPSA) is 12.4 Å². The van der Waals surface area contributed by atoms with Crippen LogP contribution in [0.15, 0.2) is 4.99 Å². The summed E-state index contributed by atoms with van der Waals surface area (Å²) in [6, 6.07) is 0. The van der Waals surface area contributed by atoms with Crippen LogP contribution in [0.25, 0.3) is 0 Å². The average Bonchev–Trinajstić information content (AvgIpc) is 1.35. The standard InChI is InChI=1S/C3H5NS2.Zn/c1-2-4-3(5)6;/h2H,1H3,(H,5,6);. The van der Waals surface area contributed by atoms with E-state index in [-0.39, 0.29) is 19.5 Å². The van der Waals surface area contributed by atoms with Gasteiger partial charge in [-0.25, -0.2) is 4.99 Å². The Kier molecular flexibility index (Phi) is 10.3. The SMILES string of the molecule is CC=NC(=S)S.[Zn]. The molecule has 0 rings (SSSR count). The van der Waals surface area contributed by atoms with Crippen molar-refractivity contribution in [3.05, 3.63) is 0 Å². The van der Waals surface area contributed by atoms with Crippen LogP contribution in [0.1, 0.15) is 6.92 Å². The van der Waals surface area contributed by atoms with Crippen molar-refractivity contribution in [1.29, 1.82) is 0 Å². The molecule has 0 bridgehead atoms. The average molecular weight is 185 g/mol. The minimum absolute atomic E-state index is 0. The normalized spacial score (nSPS) is 8.29. The van der Waals surface area contributed by atoms with Gasteiger partial charge in [-0.3, -0.25) is 0 Å². The first-order chi connectivity index (χ1) is 2.77. The number of nitrogens with zero attached hydrogens (tertiary/aromatic N) is 1. The largest absolute Gasteiger partial charge is 0.243 e. The molecule has 0 radical (unpaired) electrons. The molecular weight excluding hydrogens is 180 g/mol. The van der Waals surface area contributed by atoms with Crippen molar-refractivity contribution in [2.24, 2.45) is 4.99 Å². The van der Waals surface area contributed by atoms with Crippen LogP contribution in [0, 0.1) is 0 Å². The van der Waals surface area contributed by atoms with Gasteiger partial charge in [0.2, 0.25) is 0 Å². The number of hydrogen-bond donors (Lipinski definition) is 1. The van der Waals surface area contributed by atoms with E-state index < -0.39 is 0 Å². The molecule has 0 aromatic heterocycles. The van der Waals surface area contributed by atoms with Crippen molar-refractivity contribution in [3.63, 3.8) is 0 Å². The summed E-state index contributed by atoms with van der Waals surface area (Å²) >= 11 is 8.17. The Labute approximate surface area is 66.8 Å². The number of thiocarbonyl (C=S) groups is 1. The van der Waals surface area contributed by atoms with Gasteiger partial charge in [-0.2, -0.15) is 0 Å². The smallest absolute Gasteiger partial charge is 0.156 e. The Balaban J connectivity index is 0. The number of aliphatic imine (C=N–C) groups is 1. The van der Waals surface area contributed by atoms with Crippen LogP contribution in [0.4, 0.5) is 0 Å². The maximum atomic E-state index is 4.46. The van der Waals surface area contributed by atoms with E-state index in [9.17, 15) is 0 Å². The van der Waals surface area contributed by atoms with E-state index in [4.69, 9.17) is 0 Å². The van der Waals surface area contributed by atoms with Gasteiger partial charge in [0.1, 0.15) is 0 Å². The van der Waals surface area contributed by atoms with Gasteiger partial charge in [-0.05, 0) is 6.92 Å². The van der Waals surface area contributed by atoms with E-state index in [2.05, 4.69) is 29.8 Å². The van der Waals surface area contributed by atoms with Gasteiger partial charge in [0.05, 0.1) is 0 Å². The van der Waals surface area contributed by atoms with E-state index in [1.807, 2.05) is 0 Å². The van der Waals surface area contributed by atoms with Crippen LogP contribution in [-0.2, 0) is 19.5 Å². The summed E-state index contributed by atoms with van der Waals surface area (Å²) < 4.78 is 0.387. The molecule has 0 aromatic rings. The van der Waals surface area contributed by atoms with E-state index in [1.165, 1.54) is 0 Å². The van der Waals surface area contributed by atoms with Gasteiger partial charge in [0, 0.05) is 25.7 Å². The Bertz CT molecular complexity index is 81.0. The fourth-order valence-corrected chi connectivity index (χ4v) is 0.331. The molecule has 0 aliphatic carbocycles. The van der Waals surface area contributed by atoms with Gasteiger partial charge in [-0.1, -0.05) is 12.2 Å². The molecule has 0 heterocycles. The predicted molar refractivity (Wildman–Crippen MR) is 35.8 cm³/mol. The molecule has 0 atom stereocenters. The molecular formula is C3H5NS2Zn. The number of rotatable bonds is 0. The van der Waals surface area contributed by atoms with Crippen molar-refractivity contribution >= 4 is 35.4 Å². The maximum Gasteiger partial charge on any atom is 0.156 e. The molecule has 0 aliphatic heterocycles. The molecule has 36 valence electrons. The Morgan fingerprint density at radius 3 is 2.29 bits per heavy atom. The first-order valence-corrected chi connectivity index (χ1v) is 2.34. The zero-order valence-electron chi connectivity index (χ0n) is 4.09. The predicted octanol–water partition coefficient (Wildman–Crippen LogP) is 1.29. The summed E-state index contributed by atoms with van der Waals surface area (Å²) in [6.45, 7) is 1.79. The maximum absolute atomic E-state index is 4.46. The zero-order chi connectivity index (χ0) is 4.99. The monoisotopic (exact) mass is 183 g/mol. The van der Waals surface area contributed by atoms with E-state index in [0.717, 1.165) is 0 Å². The molecule has 0 unspecified atom stereocenters. The fourth-order valence-electron chi connectivity index (χ4n) is 0.110. The summed E-state index contributed by atoms with van der Waals surface area (Å²) in [4.78, 5) is 3.60. The third-order valence-corrected chi connectivity index (χ3v) is 0.460. The van der Waals surface area contributed by atoms with Crippen LogP contribution in [-0.4, -0.2) is 10.5 Å². The van der Waals surface area contributed by atoms with Gasteiger partial charge < -0.3 is 0 Å². The summed E-state index contributed by atoms with van der Waals surface area (Å²) in [5.74, 6) is 0. The van der Waals surface area contributed by atoms with E-state index in [0.29, 0.717) is 4.32 Å². The minimum Gasteiger partial charge on any atom is -0.243 e. The van der Waals surface area contributed by atoms with Crippen molar-refractivity contribution in [2.75, 3.05) is 0 Å². The van der Waals surface area contributed by atoms with Crippen LogP contribution in [0.3, 0.4) is 0 Å². The molecule has 0 aromatic carbocycles. The van der Waals surface area contributed by atoms with Crippen LogP contribution in [0.2, 0.25) is 0 Å². The summed E-state index contributed by atoms with van der Waals surface area (Å²) in [5, 5.41) is 0. The van der Waals surface area contributed by atoms with Gasteiger partial charge in [0.25, 0.3) is 0 Å². The first-order valence-electron chi connectivity index (χ1n) is 1.49.